The van der Waals surface area contributed by atoms with Gasteiger partial charge in [0, 0.05) is 19.6 Å². The minimum atomic E-state index is -3.11. The third-order valence-electron chi connectivity index (χ3n) is 3.79. The van der Waals surface area contributed by atoms with Crippen molar-refractivity contribution >= 4 is 16.1 Å². The molecular weight excluding hydrogens is 254 g/mol. The lowest BCUT2D eigenvalue weighted by atomic mass is 9.90. The van der Waals surface area contributed by atoms with E-state index in [1.807, 2.05) is 6.92 Å². The molecule has 2 rings (SSSR count). The molecular formula is C11H21N3O3S. The highest BCUT2D eigenvalue weighted by Gasteiger charge is 2.42. The number of nitrogens with one attached hydrogen (secondary N) is 2. The summed E-state index contributed by atoms with van der Waals surface area (Å²) in [4.78, 5) is 11.2. The van der Waals surface area contributed by atoms with E-state index in [9.17, 15) is 13.2 Å². The van der Waals surface area contributed by atoms with Gasteiger partial charge in [0.05, 0.1) is 11.3 Å². The fraction of sp³-hybridized carbons (Fsp3) is 0.909. The number of sulfonamides is 1. The monoisotopic (exact) mass is 275 g/mol. The number of hydrogen-bond acceptors (Lipinski definition) is 3. The summed E-state index contributed by atoms with van der Waals surface area (Å²) in [5.41, 5.74) is -0.228. The molecule has 0 radical (unpaired) electrons. The largest absolute Gasteiger partial charge is 0.336 e. The molecule has 0 aromatic carbocycles. The maximum absolute atomic E-state index is 12.0. The first-order valence-electron chi connectivity index (χ1n) is 6.51. The van der Waals surface area contributed by atoms with Crippen molar-refractivity contribution in [1.82, 2.24) is 14.9 Å². The maximum Gasteiger partial charge on any atom is 0.315 e. The number of carbonyl (C=O) groups excluding carboxylic acids is 1. The number of urea groups is 1. The molecule has 0 atom stereocenters. The van der Waals surface area contributed by atoms with Crippen LogP contribution in [0.5, 0.6) is 0 Å². The Kier molecular flexibility index (Phi) is 3.82. The van der Waals surface area contributed by atoms with Crippen molar-refractivity contribution in [3.63, 3.8) is 0 Å². The van der Waals surface area contributed by atoms with E-state index in [0.29, 0.717) is 38.9 Å². The van der Waals surface area contributed by atoms with Crippen LogP contribution in [0.4, 0.5) is 4.79 Å². The SMILES string of the molecule is CCCCS(=O)(=O)N1CCC2(CC1)CNC(=O)N2. The molecule has 0 aliphatic carbocycles. The molecule has 1 spiro atoms. The summed E-state index contributed by atoms with van der Waals surface area (Å²) in [6, 6.07) is -0.141. The van der Waals surface area contributed by atoms with Crippen LogP contribution >= 0.6 is 0 Å². The first-order valence-corrected chi connectivity index (χ1v) is 8.12. The summed E-state index contributed by atoms with van der Waals surface area (Å²) in [7, 11) is -3.11. The predicted octanol–water partition coefficient (Wildman–Crippen LogP) is 0.264. The highest BCUT2D eigenvalue weighted by molar-refractivity contribution is 7.89. The van der Waals surface area contributed by atoms with Crippen LogP contribution in [0.3, 0.4) is 0 Å². The van der Waals surface area contributed by atoms with Gasteiger partial charge in [0.2, 0.25) is 10.0 Å². The maximum atomic E-state index is 12.0. The van der Waals surface area contributed by atoms with Crippen LogP contribution in [0.2, 0.25) is 0 Å². The van der Waals surface area contributed by atoms with E-state index in [4.69, 9.17) is 0 Å². The Hall–Kier alpha value is -0.820. The summed E-state index contributed by atoms with van der Waals surface area (Å²) in [6.45, 7) is 3.61. The number of piperidine rings is 1. The Labute approximate surface area is 108 Å². The lowest BCUT2D eigenvalue weighted by Crippen LogP contribution is -2.53. The van der Waals surface area contributed by atoms with Crippen LogP contribution in [0.1, 0.15) is 32.6 Å². The van der Waals surface area contributed by atoms with E-state index in [2.05, 4.69) is 10.6 Å². The topological polar surface area (TPSA) is 78.5 Å². The smallest absolute Gasteiger partial charge is 0.315 e. The quantitative estimate of drug-likeness (QED) is 0.772. The Morgan fingerprint density at radius 2 is 2.00 bits per heavy atom. The molecule has 7 heteroatoms. The van der Waals surface area contributed by atoms with Gasteiger partial charge in [-0.25, -0.2) is 17.5 Å². The molecule has 104 valence electrons. The molecule has 2 fully saturated rings. The third kappa shape index (κ3) is 2.77. The lowest BCUT2D eigenvalue weighted by molar-refractivity contribution is 0.216. The fourth-order valence-corrected chi connectivity index (χ4v) is 4.18. The number of unbranched alkanes of at least 4 members (excludes halogenated alkanes) is 1. The lowest BCUT2D eigenvalue weighted by Gasteiger charge is -2.37. The van der Waals surface area contributed by atoms with Gasteiger partial charge in [-0.2, -0.15) is 0 Å². The third-order valence-corrected chi connectivity index (χ3v) is 5.75. The van der Waals surface area contributed by atoms with Crippen molar-refractivity contribution in [2.24, 2.45) is 0 Å². The highest BCUT2D eigenvalue weighted by Crippen LogP contribution is 2.26. The number of nitrogens with zero attached hydrogens (tertiary/aromatic N) is 1. The van der Waals surface area contributed by atoms with E-state index in [1.165, 1.54) is 0 Å². The van der Waals surface area contributed by atoms with Crippen LogP contribution in [-0.2, 0) is 10.0 Å². The van der Waals surface area contributed by atoms with Gasteiger partial charge in [0.25, 0.3) is 0 Å². The van der Waals surface area contributed by atoms with E-state index >= 15 is 0 Å². The molecule has 2 aliphatic heterocycles. The number of rotatable bonds is 4. The van der Waals surface area contributed by atoms with Crippen LogP contribution in [-0.4, -0.2) is 49.7 Å². The van der Waals surface area contributed by atoms with Crippen molar-refractivity contribution in [3.05, 3.63) is 0 Å². The average Bonchev–Trinajstić information content (AvgIpc) is 2.69. The molecule has 2 heterocycles. The number of amides is 2. The van der Waals surface area contributed by atoms with Crippen molar-refractivity contribution in [2.75, 3.05) is 25.4 Å². The number of hydrogen-bond donors (Lipinski definition) is 2. The van der Waals surface area contributed by atoms with E-state index in [-0.39, 0.29) is 17.3 Å². The van der Waals surface area contributed by atoms with Gasteiger partial charge in [-0.3, -0.25) is 0 Å². The molecule has 0 unspecified atom stereocenters. The summed E-state index contributed by atoms with van der Waals surface area (Å²) in [5.74, 6) is 0.237. The van der Waals surface area contributed by atoms with Crippen molar-refractivity contribution in [2.45, 2.75) is 38.1 Å². The second-order valence-corrected chi connectivity index (χ2v) is 7.25. The van der Waals surface area contributed by atoms with Gasteiger partial charge < -0.3 is 10.6 Å². The van der Waals surface area contributed by atoms with Gasteiger partial charge in [-0.1, -0.05) is 13.3 Å². The predicted molar refractivity (Wildman–Crippen MR) is 68.8 cm³/mol. The minimum Gasteiger partial charge on any atom is -0.336 e. The molecule has 2 amide bonds. The average molecular weight is 275 g/mol. The van der Waals surface area contributed by atoms with Gasteiger partial charge >= 0.3 is 6.03 Å². The molecule has 6 nitrogen and oxygen atoms in total. The molecule has 2 N–H and O–H groups in total. The first kappa shape index (κ1) is 13.6. The Morgan fingerprint density at radius 1 is 1.33 bits per heavy atom. The Bertz CT molecular complexity index is 413. The molecule has 0 aromatic heterocycles. The molecule has 2 saturated heterocycles. The van der Waals surface area contributed by atoms with Crippen molar-refractivity contribution in [3.8, 4) is 0 Å². The Morgan fingerprint density at radius 3 is 2.50 bits per heavy atom. The van der Waals surface area contributed by atoms with Crippen molar-refractivity contribution in [1.29, 1.82) is 0 Å². The van der Waals surface area contributed by atoms with E-state index in [1.54, 1.807) is 4.31 Å². The van der Waals surface area contributed by atoms with Crippen LogP contribution in [0.25, 0.3) is 0 Å². The van der Waals surface area contributed by atoms with E-state index < -0.39 is 10.0 Å². The molecule has 0 aromatic rings. The summed E-state index contributed by atoms with van der Waals surface area (Å²) in [5, 5.41) is 5.66. The Balaban J connectivity index is 1.92. The second-order valence-electron chi connectivity index (χ2n) is 5.16. The zero-order chi connectivity index (χ0) is 13.2. The molecule has 2 aliphatic rings. The van der Waals surface area contributed by atoms with Crippen LogP contribution < -0.4 is 10.6 Å². The first-order chi connectivity index (χ1) is 8.47. The van der Waals surface area contributed by atoms with Gasteiger partial charge in [0.15, 0.2) is 0 Å². The van der Waals surface area contributed by atoms with Gasteiger partial charge in [-0.15, -0.1) is 0 Å². The zero-order valence-electron chi connectivity index (χ0n) is 10.7. The van der Waals surface area contributed by atoms with Crippen LogP contribution in [0.15, 0.2) is 0 Å². The second kappa shape index (κ2) is 5.05. The number of carbonyl (C=O) groups is 1. The standard InChI is InChI=1S/C11H21N3O3S/c1-2-3-8-18(16,17)14-6-4-11(5-7-14)9-12-10(15)13-11/h2-9H2,1H3,(H2,12,13,15). The summed E-state index contributed by atoms with van der Waals surface area (Å²) >= 11 is 0. The fourth-order valence-electron chi connectivity index (χ4n) is 2.53. The molecule has 18 heavy (non-hydrogen) atoms. The molecule has 0 bridgehead atoms. The zero-order valence-corrected chi connectivity index (χ0v) is 11.6. The highest BCUT2D eigenvalue weighted by atomic mass is 32.2. The summed E-state index contributed by atoms with van der Waals surface area (Å²) < 4.78 is 25.6. The minimum absolute atomic E-state index is 0.141. The normalized spacial score (nSPS) is 23.9. The summed E-state index contributed by atoms with van der Waals surface area (Å²) in [6.07, 6.45) is 2.98. The van der Waals surface area contributed by atoms with E-state index in [0.717, 1.165) is 6.42 Å². The molecule has 0 saturated carbocycles. The van der Waals surface area contributed by atoms with Gasteiger partial charge in [0.1, 0.15) is 0 Å². The van der Waals surface area contributed by atoms with Crippen molar-refractivity contribution < 1.29 is 13.2 Å². The van der Waals surface area contributed by atoms with Gasteiger partial charge in [-0.05, 0) is 19.3 Å². The van der Waals surface area contributed by atoms with Crippen LogP contribution in [0, 0.1) is 0 Å².